The third-order valence-electron chi connectivity index (χ3n) is 4.91. The number of carbonyl (C=O) groups excluding carboxylic acids is 1. The molecule has 0 saturated carbocycles. The second-order valence-corrected chi connectivity index (χ2v) is 10.1. The minimum Gasteiger partial charge on any atom is -0.444 e. The van der Waals surface area contributed by atoms with Crippen LogP contribution in [-0.2, 0) is 19.5 Å². The average Bonchev–Trinajstić information content (AvgIpc) is 2.99. The molecule has 0 aliphatic carbocycles. The zero-order valence-electron chi connectivity index (χ0n) is 17.1. The zero-order chi connectivity index (χ0) is 21.8. The van der Waals surface area contributed by atoms with Crippen LogP contribution in [0.2, 0.25) is 0 Å². The van der Waals surface area contributed by atoms with Gasteiger partial charge in [0.15, 0.2) is 10.6 Å². The van der Waals surface area contributed by atoms with Gasteiger partial charge in [-0.25, -0.2) is 13.2 Å². The maximum atomic E-state index is 13.5. The largest absolute Gasteiger partial charge is 0.444 e. The first-order chi connectivity index (χ1) is 13.3. The van der Waals surface area contributed by atoms with E-state index < -0.39 is 38.1 Å². The van der Waals surface area contributed by atoms with Crippen LogP contribution in [0.15, 0.2) is 17.0 Å². The van der Waals surface area contributed by atoms with Crippen molar-refractivity contribution in [1.29, 1.82) is 0 Å². The molecule has 0 aromatic heterocycles. The van der Waals surface area contributed by atoms with Crippen LogP contribution in [0.25, 0.3) is 0 Å². The fourth-order valence-corrected chi connectivity index (χ4v) is 5.72. The summed E-state index contributed by atoms with van der Waals surface area (Å²) in [6, 6.07) is 3.07. The van der Waals surface area contributed by atoms with Gasteiger partial charge in [-0.15, -0.1) is 0 Å². The van der Waals surface area contributed by atoms with E-state index in [2.05, 4.69) is 0 Å². The van der Waals surface area contributed by atoms with E-state index >= 15 is 0 Å². The predicted molar refractivity (Wildman–Crippen MR) is 103 cm³/mol. The Hall–Kier alpha value is -2.24. The standard InChI is InChI=1S/C18H25N3O7S/c1-12-6-7-13(2)15(14(12)21(23)24)29(25,26)20-8-9-27-18(20)10-19(11-18)16(22)28-17(3,4)5/h6-7H,8-11H2,1-5H3. The molecule has 3 rings (SSSR count). The average molecular weight is 427 g/mol. The minimum absolute atomic E-state index is 0.000194. The Morgan fingerprint density at radius 3 is 2.38 bits per heavy atom. The molecule has 2 fully saturated rings. The number of nitro benzene ring substituents is 1. The molecular weight excluding hydrogens is 402 g/mol. The fourth-order valence-electron chi connectivity index (χ4n) is 3.62. The molecule has 11 heteroatoms. The summed E-state index contributed by atoms with van der Waals surface area (Å²) in [5, 5.41) is 11.6. The van der Waals surface area contributed by atoms with Gasteiger partial charge >= 0.3 is 6.09 Å². The molecule has 0 atom stereocenters. The Morgan fingerprint density at radius 1 is 1.24 bits per heavy atom. The lowest BCUT2D eigenvalue weighted by Gasteiger charge is -2.49. The number of hydrogen-bond donors (Lipinski definition) is 0. The summed E-state index contributed by atoms with van der Waals surface area (Å²) in [5.74, 6) is 0. The predicted octanol–water partition coefficient (Wildman–Crippen LogP) is 2.18. The van der Waals surface area contributed by atoms with Gasteiger partial charge in [0.05, 0.1) is 24.6 Å². The topological polar surface area (TPSA) is 119 Å². The minimum atomic E-state index is -4.23. The number of carbonyl (C=O) groups is 1. The molecule has 1 aromatic carbocycles. The maximum Gasteiger partial charge on any atom is 0.410 e. The van der Waals surface area contributed by atoms with E-state index in [4.69, 9.17) is 9.47 Å². The van der Waals surface area contributed by atoms with E-state index in [0.717, 1.165) is 4.31 Å². The molecule has 29 heavy (non-hydrogen) atoms. The molecule has 10 nitrogen and oxygen atoms in total. The van der Waals surface area contributed by atoms with Crippen molar-refractivity contribution in [2.24, 2.45) is 0 Å². The normalized spacial score (nSPS) is 19.3. The summed E-state index contributed by atoms with van der Waals surface area (Å²) >= 11 is 0. The van der Waals surface area contributed by atoms with E-state index in [-0.39, 0.29) is 42.3 Å². The van der Waals surface area contributed by atoms with E-state index in [9.17, 15) is 23.3 Å². The lowest BCUT2D eigenvalue weighted by molar-refractivity contribution is -0.388. The highest BCUT2D eigenvalue weighted by Crippen LogP contribution is 2.41. The lowest BCUT2D eigenvalue weighted by atomic mass is 10.1. The van der Waals surface area contributed by atoms with Crippen molar-refractivity contribution in [2.75, 3.05) is 26.2 Å². The van der Waals surface area contributed by atoms with E-state index in [0.29, 0.717) is 0 Å². The molecule has 0 radical (unpaired) electrons. The zero-order valence-corrected chi connectivity index (χ0v) is 17.9. The number of hydrogen-bond acceptors (Lipinski definition) is 7. The van der Waals surface area contributed by atoms with Crippen LogP contribution < -0.4 is 0 Å². The van der Waals surface area contributed by atoms with Crippen molar-refractivity contribution in [1.82, 2.24) is 9.21 Å². The summed E-state index contributed by atoms with van der Waals surface area (Å²) in [6.07, 6.45) is -0.561. The Balaban J connectivity index is 1.93. The second kappa shape index (κ2) is 6.92. The highest BCUT2D eigenvalue weighted by atomic mass is 32.2. The molecule has 160 valence electrons. The van der Waals surface area contributed by atoms with Gasteiger partial charge in [-0.05, 0) is 40.2 Å². The van der Waals surface area contributed by atoms with Crippen molar-refractivity contribution in [3.63, 3.8) is 0 Å². The maximum absolute atomic E-state index is 13.5. The molecule has 2 saturated heterocycles. The molecule has 0 bridgehead atoms. The first-order valence-corrected chi connectivity index (χ1v) is 10.6. The number of sulfonamides is 1. The lowest BCUT2D eigenvalue weighted by Crippen LogP contribution is -2.70. The van der Waals surface area contributed by atoms with E-state index in [1.54, 1.807) is 26.8 Å². The van der Waals surface area contributed by atoms with Gasteiger partial charge in [-0.1, -0.05) is 12.1 Å². The third kappa shape index (κ3) is 3.69. The number of ether oxygens (including phenoxy) is 2. The van der Waals surface area contributed by atoms with Crippen molar-refractivity contribution < 1.29 is 27.6 Å². The summed E-state index contributed by atoms with van der Waals surface area (Å²) < 4.78 is 39.1. The van der Waals surface area contributed by atoms with Gasteiger partial charge < -0.3 is 9.47 Å². The molecular formula is C18H25N3O7S. The fraction of sp³-hybridized carbons (Fsp3) is 0.611. The Kier molecular flexibility index (Phi) is 5.13. The van der Waals surface area contributed by atoms with Gasteiger partial charge in [0.2, 0.25) is 0 Å². The third-order valence-corrected chi connectivity index (χ3v) is 7.03. The number of nitro groups is 1. The highest BCUT2D eigenvalue weighted by Gasteiger charge is 2.59. The van der Waals surface area contributed by atoms with Gasteiger partial charge in [0, 0.05) is 12.1 Å². The van der Waals surface area contributed by atoms with Crippen molar-refractivity contribution >= 4 is 21.8 Å². The molecule has 0 unspecified atom stereocenters. The summed E-state index contributed by atoms with van der Waals surface area (Å²) in [5.41, 5.74) is -1.80. The molecule has 1 spiro atoms. The molecule has 1 amide bonds. The highest BCUT2D eigenvalue weighted by molar-refractivity contribution is 7.89. The Morgan fingerprint density at radius 2 is 1.83 bits per heavy atom. The van der Waals surface area contributed by atoms with Gasteiger partial charge in [0.25, 0.3) is 15.7 Å². The van der Waals surface area contributed by atoms with Gasteiger partial charge in [0.1, 0.15) is 5.60 Å². The van der Waals surface area contributed by atoms with Crippen LogP contribution in [0.1, 0.15) is 31.9 Å². The van der Waals surface area contributed by atoms with Gasteiger partial charge in [-0.3, -0.25) is 15.0 Å². The quantitative estimate of drug-likeness (QED) is 0.536. The molecule has 0 N–H and O–H groups in total. The monoisotopic (exact) mass is 427 g/mol. The molecule has 1 aromatic rings. The first kappa shape index (κ1) is 21.5. The van der Waals surface area contributed by atoms with Crippen LogP contribution in [0.4, 0.5) is 10.5 Å². The van der Waals surface area contributed by atoms with Crippen molar-refractivity contribution in [3.05, 3.63) is 33.4 Å². The van der Waals surface area contributed by atoms with Crippen LogP contribution in [0, 0.1) is 24.0 Å². The number of nitrogens with zero attached hydrogens (tertiary/aromatic N) is 3. The first-order valence-electron chi connectivity index (χ1n) is 9.18. The number of aryl methyl sites for hydroxylation is 2. The van der Waals surface area contributed by atoms with Crippen molar-refractivity contribution in [2.45, 2.75) is 50.8 Å². The number of benzene rings is 1. The number of likely N-dealkylation sites (tertiary alicyclic amines) is 1. The summed E-state index contributed by atoms with van der Waals surface area (Å²) in [4.78, 5) is 24.2. The van der Waals surface area contributed by atoms with Crippen LogP contribution in [0.3, 0.4) is 0 Å². The Bertz CT molecular complexity index is 962. The SMILES string of the molecule is Cc1ccc(C)c(S(=O)(=O)N2CCOC23CN(C(=O)OC(C)(C)C)C3)c1[N+](=O)[O-]. The summed E-state index contributed by atoms with van der Waals surface area (Å²) in [6.45, 7) is 8.43. The van der Waals surface area contributed by atoms with E-state index in [1.165, 1.54) is 24.8 Å². The van der Waals surface area contributed by atoms with Crippen LogP contribution >= 0.6 is 0 Å². The molecule has 2 heterocycles. The van der Waals surface area contributed by atoms with Gasteiger partial charge in [-0.2, -0.15) is 4.31 Å². The Labute approximate surface area is 169 Å². The smallest absolute Gasteiger partial charge is 0.410 e. The number of amides is 1. The van der Waals surface area contributed by atoms with E-state index in [1.807, 2.05) is 0 Å². The second-order valence-electron chi connectivity index (χ2n) is 8.34. The van der Waals surface area contributed by atoms with Crippen molar-refractivity contribution in [3.8, 4) is 0 Å². The van der Waals surface area contributed by atoms with Crippen LogP contribution in [0.5, 0.6) is 0 Å². The van der Waals surface area contributed by atoms with Crippen LogP contribution in [-0.4, -0.2) is 66.2 Å². The molecule has 2 aliphatic rings. The molecule has 2 aliphatic heterocycles. The number of rotatable bonds is 3. The summed E-state index contributed by atoms with van der Waals surface area (Å²) in [7, 11) is -4.23.